The number of aliphatic hydroxyl groups excluding tert-OH is 1. The van der Waals surface area contributed by atoms with E-state index in [-0.39, 0.29) is 18.2 Å². The van der Waals surface area contributed by atoms with Crippen LogP contribution >= 0.6 is 0 Å². The van der Waals surface area contributed by atoms with Crippen LogP contribution in [0.15, 0.2) is 24.3 Å². The maximum atomic E-state index is 9.96. The SMILES string of the molecule is CC1C[C@@H](O)[C@H](CO[C@H]2CC[C@@H](c3ccccc3O)CC2)N1. The van der Waals surface area contributed by atoms with Gasteiger partial charge in [-0.2, -0.15) is 0 Å². The Balaban J connectivity index is 1.45. The van der Waals surface area contributed by atoms with Crippen LogP contribution < -0.4 is 5.32 Å². The average molecular weight is 305 g/mol. The molecule has 1 aliphatic carbocycles. The summed E-state index contributed by atoms with van der Waals surface area (Å²) in [7, 11) is 0. The lowest BCUT2D eigenvalue weighted by molar-refractivity contribution is -0.00266. The number of aliphatic hydroxyl groups is 1. The Morgan fingerprint density at radius 3 is 2.55 bits per heavy atom. The van der Waals surface area contributed by atoms with Gasteiger partial charge >= 0.3 is 0 Å². The molecule has 0 bridgehead atoms. The number of nitrogens with one attached hydrogen (secondary N) is 1. The maximum absolute atomic E-state index is 9.96. The van der Waals surface area contributed by atoms with Crippen molar-refractivity contribution in [1.29, 1.82) is 0 Å². The van der Waals surface area contributed by atoms with Crippen molar-refractivity contribution in [1.82, 2.24) is 5.32 Å². The van der Waals surface area contributed by atoms with Gasteiger partial charge in [0.1, 0.15) is 5.75 Å². The molecule has 2 aliphatic rings. The second kappa shape index (κ2) is 6.99. The van der Waals surface area contributed by atoms with Gasteiger partial charge in [-0.3, -0.25) is 0 Å². The summed E-state index contributed by atoms with van der Waals surface area (Å²) in [5.41, 5.74) is 1.07. The van der Waals surface area contributed by atoms with Crippen molar-refractivity contribution in [2.75, 3.05) is 6.61 Å². The molecule has 1 unspecified atom stereocenters. The van der Waals surface area contributed by atoms with Crippen molar-refractivity contribution in [2.45, 2.75) is 69.2 Å². The van der Waals surface area contributed by atoms with Crippen LogP contribution in [0, 0.1) is 0 Å². The molecule has 22 heavy (non-hydrogen) atoms. The largest absolute Gasteiger partial charge is 0.508 e. The Hall–Kier alpha value is -1.10. The number of para-hydroxylation sites is 1. The summed E-state index contributed by atoms with van der Waals surface area (Å²) in [5.74, 6) is 0.857. The molecule has 0 amide bonds. The van der Waals surface area contributed by atoms with Crippen LogP contribution in [0.5, 0.6) is 5.75 Å². The fraction of sp³-hybridized carbons (Fsp3) is 0.667. The molecule has 2 fully saturated rings. The lowest BCUT2D eigenvalue weighted by Gasteiger charge is -2.30. The van der Waals surface area contributed by atoms with E-state index in [2.05, 4.69) is 12.2 Å². The molecule has 1 aromatic carbocycles. The highest BCUT2D eigenvalue weighted by molar-refractivity contribution is 5.35. The van der Waals surface area contributed by atoms with Gasteiger partial charge in [-0.05, 0) is 56.6 Å². The lowest BCUT2D eigenvalue weighted by atomic mass is 9.82. The summed E-state index contributed by atoms with van der Waals surface area (Å²) >= 11 is 0. The van der Waals surface area contributed by atoms with E-state index in [9.17, 15) is 10.2 Å². The maximum Gasteiger partial charge on any atom is 0.119 e. The Labute approximate surface area is 132 Å². The number of benzene rings is 1. The molecular weight excluding hydrogens is 278 g/mol. The summed E-state index contributed by atoms with van der Waals surface area (Å²) in [6.45, 7) is 2.69. The molecular formula is C18H27NO3. The van der Waals surface area contributed by atoms with Crippen LogP contribution in [-0.2, 0) is 4.74 Å². The fourth-order valence-electron chi connectivity index (χ4n) is 3.84. The van der Waals surface area contributed by atoms with Gasteiger partial charge in [-0.25, -0.2) is 0 Å². The highest BCUT2D eigenvalue weighted by atomic mass is 16.5. The van der Waals surface area contributed by atoms with E-state index in [1.165, 1.54) is 0 Å². The summed E-state index contributed by atoms with van der Waals surface area (Å²) < 4.78 is 6.02. The van der Waals surface area contributed by atoms with Crippen molar-refractivity contribution in [3.63, 3.8) is 0 Å². The van der Waals surface area contributed by atoms with Crippen molar-refractivity contribution in [2.24, 2.45) is 0 Å². The summed E-state index contributed by atoms with van der Waals surface area (Å²) in [6.07, 6.45) is 4.97. The van der Waals surface area contributed by atoms with Crippen molar-refractivity contribution in [3.8, 4) is 5.75 Å². The minimum absolute atomic E-state index is 0.0749. The summed E-state index contributed by atoms with van der Waals surface area (Å²) in [6, 6.07) is 8.11. The van der Waals surface area contributed by atoms with E-state index in [4.69, 9.17) is 4.74 Å². The Morgan fingerprint density at radius 1 is 1.18 bits per heavy atom. The van der Waals surface area contributed by atoms with E-state index in [0.29, 0.717) is 24.3 Å². The molecule has 1 heterocycles. The molecule has 1 aromatic rings. The van der Waals surface area contributed by atoms with Crippen LogP contribution in [0.25, 0.3) is 0 Å². The summed E-state index contributed by atoms with van der Waals surface area (Å²) in [5, 5.41) is 23.3. The van der Waals surface area contributed by atoms with E-state index in [1.807, 2.05) is 18.2 Å². The first-order valence-electron chi connectivity index (χ1n) is 8.47. The monoisotopic (exact) mass is 305 g/mol. The quantitative estimate of drug-likeness (QED) is 0.800. The minimum atomic E-state index is -0.285. The van der Waals surface area contributed by atoms with Crippen molar-refractivity contribution >= 4 is 0 Å². The zero-order valence-corrected chi connectivity index (χ0v) is 13.2. The Kier molecular flexibility index (Phi) is 5.01. The van der Waals surface area contributed by atoms with Gasteiger partial charge in [0, 0.05) is 6.04 Å². The van der Waals surface area contributed by atoms with Gasteiger partial charge in [0.2, 0.25) is 0 Å². The normalized spacial score (nSPS) is 35.6. The predicted molar refractivity (Wildman–Crippen MR) is 86.1 cm³/mol. The number of aromatic hydroxyl groups is 1. The first-order chi connectivity index (χ1) is 10.6. The molecule has 1 saturated carbocycles. The first-order valence-corrected chi connectivity index (χ1v) is 8.47. The smallest absolute Gasteiger partial charge is 0.119 e. The molecule has 3 N–H and O–H groups in total. The van der Waals surface area contributed by atoms with Crippen LogP contribution in [0.3, 0.4) is 0 Å². The molecule has 0 radical (unpaired) electrons. The number of rotatable bonds is 4. The third-order valence-electron chi connectivity index (χ3n) is 5.12. The van der Waals surface area contributed by atoms with E-state index >= 15 is 0 Å². The number of hydrogen-bond acceptors (Lipinski definition) is 4. The third-order valence-corrected chi connectivity index (χ3v) is 5.12. The molecule has 0 aromatic heterocycles. The van der Waals surface area contributed by atoms with Gasteiger partial charge in [-0.1, -0.05) is 18.2 Å². The molecule has 1 aliphatic heterocycles. The molecule has 3 atom stereocenters. The minimum Gasteiger partial charge on any atom is -0.508 e. The standard InChI is InChI=1S/C18H27NO3/c1-12-10-18(21)16(19-12)11-22-14-8-6-13(7-9-14)15-4-2-3-5-17(15)20/h2-5,12-14,16,18-21H,6-11H2,1H3/t12?,13-,14+,16-,18+/m0/s1. The number of ether oxygens (including phenoxy) is 1. The van der Waals surface area contributed by atoms with E-state index < -0.39 is 0 Å². The number of phenols is 1. The molecule has 0 spiro atoms. The molecule has 4 nitrogen and oxygen atoms in total. The Bertz CT molecular complexity index is 485. The van der Waals surface area contributed by atoms with Crippen LogP contribution in [0.4, 0.5) is 0 Å². The molecule has 4 heteroatoms. The van der Waals surface area contributed by atoms with E-state index in [0.717, 1.165) is 37.7 Å². The van der Waals surface area contributed by atoms with Gasteiger partial charge < -0.3 is 20.3 Å². The lowest BCUT2D eigenvalue weighted by Crippen LogP contribution is -2.38. The van der Waals surface area contributed by atoms with Gasteiger partial charge in [0.15, 0.2) is 0 Å². The topological polar surface area (TPSA) is 61.7 Å². The van der Waals surface area contributed by atoms with Gasteiger partial charge in [-0.15, -0.1) is 0 Å². The first kappa shape index (κ1) is 15.8. The molecule has 122 valence electrons. The van der Waals surface area contributed by atoms with Gasteiger partial charge in [0.25, 0.3) is 0 Å². The molecule has 1 saturated heterocycles. The predicted octanol–water partition coefficient (Wildman–Crippen LogP) is 2.55. The van der Waals surface area contributed by atoms with Crippen LogP contribution in [-0.4, -0.2) is 41.1 Å². The molecule has 3 rings (SSSR count). The second-order valence-electron chi connectivity index (χ2n) is 6.84. The average Bonchev–Trinajstić information content (AvgIpc) is 2.84. The number of phenolic OH excluding ortho intramolecular Hbond substituents is 1. The fourth-order valence-corrected chi connectivity index (χ4v) is 3.84. The second-order valence-corrected chi connectivity index (χ2v) is 6.84. The third kappa shape index (κ3) is 3.62. The Morgan fingerprint density at radius 2 is 1.91 bits per heavy atom. The van der Waals surface area contributed by atoms with E-state index in [1.54, 1.807) is 6.07 Å². The summed E-state index contributed by atoms with van der Waals surface area (Å²) in [4.78, 5) is 0. The zero-order valence-electron chi connectivity index (χ0n) is 13.2. The van der Waals surface area contributed by atoms with Crippen molar-refractivity contribution in [3.05, 3.63) is 29.8 Å². The van der Waals surface area contributed by atoms with Gasteiger partial charge in [0.05, 0.1) is 24.9 Å². The zero-order chi connectivity index (χ0) is 15.5. The van der Waals surface area contributed by atoms with Crippen molar-refractivity contribution < 1.29 is 14.9 Å². The van der Waals surface area contributed by atoms with Crippen LogP contribution in [0.2, 0.25) is 0 Å². The highest BCUT2D eigenvalue weighted by Gasteiger charge is 2.31. The van der Waals surface area contributed by atoms with Crippen LogP contribution in [0.1, 0.15) is 50.5 Å². The number of hydrogen-bond donors (Lipinski definition) is 3. The highest BCUT2D eigenvalue weighted by Crippen LogP contribution is 2.37.